The fourth-order valence-corrected chi connectivity index (χ4v) is 3.22. The van der Waals surface area contributed by atoms with Gasteiger partial charge >= 0.3 is 0 Å². The van der Waals surface area contributed by atoms with Crippen molar-refractivity contribution in [3.05, 3.63) is 53.1 Å². The van der Waals surface area contributed by atoms with Crippen LogP contribution in [0.1, 0.15) is 10.4 Å². The summed E-state index contributed by atoms with van der Waals surface area (Å²) in [7, 11) is -3.83. The van der Waals surface area contributed by atoms with E-state index in [4.69, 9.17) is 11.6 Å². The molecule has 2 rings (SSSR count). The highest BCUT2D eigenvalue weighted by Crippen LogP contribution is 2.25. The van der Waals surface area contributed by atoms with Gasteiger partial charge in [0.1, 0.15) is 5.75 Å². The molecule has 0 spiro atoms. The van der Waals surface area contributed by atoms with Gasteiger partial charge in [0, 0.05) is 10.6 Å². The average Bonchev–Trinajstić information content (AvgIpc) is 2.41. The third-order valence-corrected chi connectivity index (χ3v) is 4.62. The molecule has 2 aromatic carbocycles. The van der Waals surface area contributed by atoms with Gasteiger partial charge in [0.2, 0.25) is 0 Å². The first-order chi connectivity index (χ1) is 9.79. The maximum atomic E-state index is 12.1. The Bertz CT molecular complexity index is 799. The van der Waals surface area contributed by atoms with Crippen LogP contribution < -0.4 is 0 Å². The Balaban J connectivity index is 2.28. The van der Waals surface area contributed by atoms with Crippen LogP contribution in [0.4, 0.5) is 0 Å². The molecule has 0 aliphatic heterocycles. The number of hydrogen-bond acceptors (Lipinski definition) is 5. The summed E-state index contributed by atoms with van der Waals surface area (Å²) >= 11 is 5.73. The van der Waals surface area contributed by atoms with Gasteiger partial charge in [0.25, 0.3) is 0 Å². The second-order valence-corrected chi connectivity index (χ2v) is 6.77. The smallest absolute Gasteiger partial charge is 0.185 e. The van der Waals surface area contributed by atoms with E-state index in [0.29, 0.717) is 0 Å². The van der Waals surface area contributed by atoms with Gasteiger partial charge in [-0.15, -0.1) is 0 Å². The number of phenols is 2. The summed E-state index contributed by atoms with van der Waals surface area (Å²) in [6.07, 6.45) is 0. The molecule has 2 N–H and O–H groups in total. The summed E-state index contributed by atoms with van der Waals surface area (Å²) in [5.41, 5.74) is -0.00379. The summed E-state index contributed by atoms with van der Waals surface area (Å²) in [5.74, 6) is -2.31. The van der Waals surface area contributed by atoms with E-state index in [0.717, 1.165) is 12.1 Å². The highest BCUT2D eigenvalue weighted by Gasteiger charge is 2.21. The monoisotopic (exact) mass is 326 g/mol. The highest BCUT2D eigenvalue weighted by atomic mass is 35.5. The zero-order valence-electron chi connectivity index (χ0n) is 10.7. The molecule has 21 heavy (non-hydrogen) atoms. The molecule has 0 amide bonds. The Morgan fingerprint density at radius 1 is 1.05 bits per heavy atom. The number of halogens is 1. The van der Waals surface area contributed by atoms with Crippen LogP contribution >= 0.6 is 11.6 Å². The second kappa shape index (κ2) is 5.75. The molecule has 0 saturated carbocycles. The first kappa shape index (κ1) is 15.3. The molecular formula is C14H11ClO5S. The van der Waals surface area contributed by atoms with Crippen molar-refractivity contribution in [2.75, 3.05) is 5.75 Å². The SMILES string of the molecule is O=C(CS(=O)(=O)c1cccc(Cl)c1)c1ccc(O)c(O)c1. The van der Waals surface area contributed by atoms with E-state index in [9.17, 15) is 23.4 Å². The van der Waals surface area contributed by atoms with E-state index in [1.807, 2.05) is 0 Å². The molecule has 0 aromatic heterocycles. The number of benzene rings is 2. The van der Waals surface area contributed by atoms with Gasteiger partial charge in [-0.05, 0) is 36.4 Å². The van der Waals surface area contributed by atoms with Gasteiger partial charge in [0.15, 0.2) is 27.1 Å². The predicted molar refractivity (Wildman–Crippen MR) is 77.6 cm³/mol. The fourth-order valence-electron chi connectivity index (χ4n) is 1.70. The third kappa shape index (κ3) is 3.53. The Kier molecular flexibility index (Phi) is 4.20. The first-order valence-corrected chi connectivity index (χ1v) is 7.86. The van der Waals surface area contributed by atoms with Crippen molar-refractivity contribution in [2.45, 2.75) is 4.90 Å². The van der Waals surface area contributed by atoms with Gasteiger partial charge in [-0.2, -0.15) is 0 Å². The topological polar surface area (TPSA) is 91.7 Å². The number of hydrogen-bond donors (Lipinski definition) is 2. The number of sulfone groups is 1. The summed E-state index contributed by atoms with van der Waals surface area (Å²) in [6, 6.07) is 9.00. The van der Waals surface area contributed by atoms with Gasteiger partial charge in [-0.1, -0.05) is 17.7 Å². The normalized spacial score (nSPS) is 11.3. The molecule has 0 bridgehead atoms. The lowest BCUT2D eigenvalue weighted by atomic mass is 10.1. The zero-order chi connectivity index (χ0) is 15.6. The van der Waals surface area contributed by atoms with Crippen LogP contribution in [0.25, 0.3) is 0 Å². The lowest BCUT2D eigenvalue weighted by Gasteiger charge is -2.05. The van der Waals surface area contributed by atoms with Crippen LogP contribution in [0.3, 0.4) is 0 Å². The molecular weight excluding hydrogens is 316 g/mol. The van der Waals surface area contributed by atoms with E-state index in [-0.39, 0.29) is 21.2 Å². The number of Topliss-reactive ketones (excluding diaryl/α,β-unsaturated/α-hetero) is 1. The van der Waals surface area contributed by atoms with Crippen LogP contribution in [0.15, 0.2) is 47.4 Å². The van der Waals surface area contributed by atoms with Gasteiger partial charge < -0.3 is 10.2 Å². The van der Waals surface area contributed by atoms with Gasteiger partial charge in [-0.3, -0.25) is 4.79 Å². The zero-order valence-corrected chi connectivity index (χ0v) is 12.2. The highest BCUT2D eigenvalue weighted by molar-refractivity contribution is 7.92. The number of rotatable bonds is 4. The molecule has 110 valence electrons. The molecule has 0 unspecified atom stereocenters. The Hall–Kier alpha value is -2.05. The van der Waals surface area contributed by atoms with Crippen molar-refractivity contribution in [3.8, 4) is 11.5 Å². The Morgan fingerprint density at radius 2 is 1.76 bits per heavy atom. The van der Waals surface area contributed by atoms with Crippen LogP contribution in [0.5, 0.6) is 11.5 Å². The molecule has 0 aliphatic carbocycles. The van der Waals surface area contributed by atoms with Crippen LogP contribution in [0.2, 0.25) is 5.02 Å². The Morgan fingerprint density at radius 3 is 2.38 bits per heavy atom. The number of ketones is 1. The van der Waals surface area contributed by atoms with E-state index in [1.54, 1.807) is 0 Å². The summed E-state index contributed by atoms with van der Waals surface area (Å²) in [5, 5.41) is 18.8. The number of aromatic hydroxyl groups is 2. The molecule has 2 aromatic rings. The van der Waals surface area contributed by atoms with Crippen LogP contribution in [-0.2, 0) is 9.84 Å². The molecule has 0 atom stereocenters. The molecule has 0 aliphatic rings. The molecule has 0 saturated heterocycles. The minimum absolute atomic E-state index is 0.00379. The predicted octanol–water partition coefficient (Wildman–Crippen LogP) is 2.41. The van der Waals surface area contributed by atoms with E-state index in [1.165, 1.54) is 30.3 Å². The minimum Gasteiger partial charge on any atom is -0.504 e. The molecule has 0 radical (unpaired) electrons. The van der Waals surface area contributed by atoms with Crippen molar-refractivity contribution >= 4 is 27.2 Å². The maximum Gasteiger partial charge on any atom is 0.185 e. The number of carbonyl (C=O) groups is 1. The van der Waals surface area contributed by atoms with E-state index < -0.39 is 27.1 Å². The standard InChI is InChI=1S/C14H11ClO5S/c15-10-2-1-3-11(7-10)21(19,20)8-14(18)9-4-5-12(16)13(17)6-9/h1-7,16-17H,8H2. The summed E-state index contributed by atoms with van der Waals surface area (Å²) in [6.45, 7) is 0. The van der Waals surface area contributed by atoms with Crippen molar-refractivity contribution in [1.82, 2.24) is 0 Å². The van der Waals surface area contributed by atoms with Crippen LogP contribution in [-0.4, -0.2) is 30.2 Å². The van der Waals surface area contributed by atoms with Crippen molar-refractivity contribution in [3.63, 3.8) is 0 Å². The van der Waals surface area contributed by atoms with Crippen molar-refractivity contribution < 1.29 is 23.4 Å². The maximum absolute atomic E-state index is 12.1. The quantitative estimate of drug-likeness (QED) is 0.665. The van der Waals surface area contributed by atoms with Gasteiger partial charge in [0.05, 0.1) is 4.90 Å². The summed E-state index contributed by atoms with van der Waals surface area (Å²) < 4.78 is 24.3. The van der Waals surface area contributed by atoms with Crippen LogP contribution in [0, 0.1) is 0 Å². The summed E-state index contributed by atoms with van der Waals surface area (Å²) in [4.78, 5) is 11.9. The Labute approximate surface area is 126 Å². The van der Waals surface area contributed by atoms with E-state index in [2.05, 4.69) is 0 Å². The largest absolute Gasteiger partial charge is 0.504 e. The van der Waals surface area contributed by atoms with E-state index >= 15 is 0 Å². The molecule has 7 heteroatoms. The number of phenolic OH excluding ortho intramolecular Hbond substituents is 2. The fraction of sp³-hybridized carbons (Fsp3) is 0.0714. The first-order valence-electron chi connectivity index (χ1n) is 5.83. The second-order valence-electron chi connectivity index (χ2n) is 4.34. The van der Waals surface area contributed by atoms with Crippen molar-refractivity contribution in [1.29, 1.82) is 0 Å². The minimum atomic E-state index is -3.83. The lowest BCUT2D eigenvalue weighted by molar-refractivity contribution is 0.102. The van der Waals surface area contributed by atoms with Gasteiger partial charge in [-0.25, -0.2) is 8.42 Å². The molecule has 5 nitrogen and oxygen atoms in total. The third-order valence-electron chi connectivity index (χ3n) is 2.77. The molecule has 0 heterocycles. The number of carbonyl (C=O) groups excluding carboxylic acids is 1. The molecule has 0 fully saturated rings. The van der Waals surface area contributed by atoms with Crippen molar-refractivity contribution in [2.24, 2.45) is 0 Å². The lowest BCUT2D eigenvalue weighted by Crippen LogP contribution is -2.16. The average molecular weight is 327 g/mol.